The highest BCUT2D eigenvalue weighted by atomic mass is 35.5. The number of nitrogens with one attached hydrogen (secondary N) is 1. The van der Waals surface area contributed by atoms with Crippen molar-refractivity contribution in [2.24, 2.45) is 0 Å². The van der Waals surface area contributed by atoms with Gasteiger partial charge in [0, 0.05) is 18.8 Å². The Labute approximate surface area is 83.1 Å². The van der Waals surface area contributed by atoms with Crippen LogP contribution in [0.1, 0.15) is 12.5 Å². The summed E-state index contributed by atoms with van der Waals surface area (Å²) >= 11 is 5.92. The zero-order valence-electron chi connectivity index (χ0n) is 7.80. The molecule has 4 heteroatoms. The van der Waals surface area contributed by atoms with Crippen molar-refractivity contribution in [1.29, 1.82) is 0 Å². The van der Waals surface area contributed by atoms with E-state index in [1.165, 1.54) is 0 Å². The molecule has 1 heterocycles. The molecule has 72 valence electrons. The van der Waals surface area contributed by atoms with Crippen LogP contribution in [-0.4, -0.2) is 18.6 Å². The van der Waals surface area contributed by atoms with Crippen molar-refractivity contribution in [2.75, 3.05) is 13.7 Å². The van der Waals surface area contributed by atoms with Gasteiger partial charge in [-0.3, -0.25) is 0 Å². The average molecular weight is 201 g/mol. The van der Waals surface area contributed by atoms with Crippen molar-refractivity contribution in [1.82, 2.24) is 10.3 Å². The van der Waals surface area contributed by atoms with Gasteiger partial charge in [0.05, 0.1) is 11.6 Å². The summed E-state index contributed by atoms with van der Waals surface area (Å²) in [4.78, 5) is 4.03. The molecule has 0 saturated heterocycles. The third-order valence-electron chi connectivity index (χ3n) is 1.57. The summed E-state index contributed by atoms with van der Waals surface area (Å²) in [6.45, 7) is 3.27. The number of pyridine rings is 1. The monoisotopic (exact) mass is 200 g/mol. The van der Waals surface area contributed by atoms with Crippen molar-refractivity contribution in [3.8, 4) is 5.88 Å². The largest absolute Gasteiger partial charge is 0.478 e. The van der Waals surface area contributed by atoms with Crippen molar-refractivity contribution < 1.29 is 4.74 Å². The Balaban J connectivity index is 2.83. The third kappa shape index (κ3) is 2.86. The molecule has 0 amide bonds. The van der Waals surface area contributed by atoms with Gasteiger partial charge in [0.25, 0.3) is 0 Å². The Hall–Kier alpha value is -0.800. The number of rotatable bonds is 4. The lowest BCUT2D eigenvalue weighted by Crippen LogP contribution is -2.06. The Morgan fingerprint density at radius 3 is 3.00 bits per heavy atom. The van der Waals surface area contributed by atoms with Gasteiger partial charge in [0.1, 0.15) is 0 Å². The van der Waals surface area contributed by atoms with Crippen LogP contribution >= 0.6 is 11.6 Å². The molecular weight excluding hydrogens is 188 g/mol. The fourth-order valence-electron chi connectivity index (χ4n) is 1.01. The molecule has 1 N–H and O–H groups in total. The van der Waals surface area contributed by atoms with Crippen LogP contribution in [0.15, 0.2) is 12.3 Å². The lowest BCUT2D eigenvalue weighted by atomic mass is 10.2. The molecule has 3 nitrogen and oxygen atoms in total. The molecule has 0 atom stereocenters. The molecule has 1 rings (SSSR count). The van der Waals surface area contributed by atoms with Crippen molar-refractivity contribution in [3.63, 3.8) is 0 Å². The van der Waals surface area contributed by atoms with Gasteiger partial charge < -0.3 is 10.1 Å². The average Bonchev–Trinajstić information content (AvgIpc) is 2.12. The van der Waals surface area contributed by atoms with E-state index in [4.69, 9.17) is 16.3 Å². The lowest BCUT2D eigenvalue weighted by Gasteiger charge is -2.06. The molecule has 0 radical (unpaired) electrons. The van der Waals surface area contributed by atoms with E-state index in [1.54, 1.807) is 6.20 Å². The first kappa shape index (κ1) is 10.3. The molecule has 0 aromatic carbocycles. The summed E-state index contributed by atoms with van der Waals surface area (Å²) in [7, 11) is 1.87. The van der Waals surface area contributed by atoms with E-state index < -0.39 is 0 Å². The normalized spacial score (nSPS) is 10.1. The number of halogens is 1. The van der Waals surface area contributed by atoms with Gasteiger partial charge in [-0.2, -0.15) is 0 Å². The van der Waals surface area contributed by atoms with Gasteiger partial charge in [-0.05, 0) is 19.5 Å². The Morgan fingerprint density at radius 1 is 1.62 bits per heavy atom. The molecule has 0 spiro atoms. The maximum Gasteiger partial charge on any atom is 0.213 e. The number of hydrogen-bond donors (Lipinski definition) is 1. The van der Waals surface area contributed by atoms with Crippen LogP contribution < -0.4 is 10.1 Å². The molecule has 0 unspecified atom stereocenters. The molecule has 0 saturated carbocycles. The summed E-state index contributed by atoms with van der Waals surface area (Å²) < 4.78 is 5.25. The second kappa shape index (κ2) is 5.04. The van der Waals surface area contributed by atoms with E-state index in [0.717, 1.165) is 12.1 Å². The van der Waals surface area contributed by atoms with Crippen LogP contribution in [0.4, 0.5) is 0 Å². The highest BCUT2D eigenvalue weighted by molar-refractivity contribution is 6.31. The number of ether oxygens (including phenoxy) is 1. The van der Waals surface area contributed by atoms with Crippen molar-refractivity contribution >= 4 is 11.6 Å². The second-order valence-corrected chi connectivity index (χ2v) is 2.98. The van der Waals surface area contributed by atoms with E-state index >= 15 is 0 Å². The first-order valence-electron chi connectivity index (χ1n) is 4.19. The van der Waals surface area contributed by atoms with Gasteiger partial charge >= 0.3 is 0 Å². The minimum atomic E-state index is 0.619. The van der Waals surface area contributed by atoms with Crippen molar-refractivity contribution in [2.45, 2.75) is 13.5 Å². The van der Waals surface area contributed by atoms with E-state index in [9.17, 15) is 0 Å². The molecule has 0 aliphatic heterocycles. The van der Waals surface area contributed by atoms with E-state index in [-0.39, 0.29) is 0 Å². The highest BCUT2D eigenvalue weighted by Crippen LogP contribution is 2.18. The molecule has 0 aliphatic carbocycles. The third-order valence-corrected chi connectivity index (χ3v) is 1.91. The van der Waals surface area contributed by atoms with E-state index in [0.29, 0.717) is 17.5 Å². The minimum Gasteiger partial charge on any atom is -0.478 e. The first-order valence-corrected chi connectivity index (χ1v) is 4.57. The van der Waals surface area contributed by atoms with Gasteiger partial charge in [0.15, 0.2) is 0 Å². The van der Waals surface area contributed by atoms with Gasteiger partial charge in [-0.1, -0.05) is 11.6 Å². The second-order valence-electron chi connectivity index (χ2n) is 2.58. The van der Waals surface area contributed by atoms with Crippen LogP contribution in [0, 0.1) is 0 Å². The van der Waals surface area contributed by atoms with Crippen LogP contribution in [-0.2, 0) is 6.54 Å². The van der Waals surface area contributed by atoms with E-state index in [1.807, 2.05) is 20.0 Å². The van der Waals surface area contributed by atoms with Crippen molar-refractivity contribution in [3.05, 3.63) is 22.8 Å². The minimum absolute atomic E-state index is 0.619. The van der Waals surface area contributed by atoms with Crippen LogP contribution in [0.2, 0.25) is 5.02 Å². The molecular formula is C9H13ClN2O. The SMILES string of the molecule is CCOc1cc(CNC)c(Cl)cn1. The quantitative estimate of drug-likeness (QED) is 0.806. The standard InChI is InChI=1S/C9H13ClN2O/c1-3-13-9-4-7(5-11-2)8(10)6-12-9/h4,6,11H,3,5H2,1-2H3. The summed E-state index contributed by atoms with van der Waals surface area (Å²) in [6, 6.07) is 1.85. The summed E-state index contributed by atoms with van der Waals surface area (Å²) in [5.41, 5.74) is 1.00. The Kier molecular flexibility index (Phi) is 3.99. The molecule has 1 aromatic heterocycles. The lowest BCUT2D eigenvalue weighted by molar-refractivity contribution is 0.326. The molecule has 13 heavy (non-hydrogen) atoms. The van der Waals surface area contributed by atoms with Gasteiger partial charge in [-0.15, -0.1) is 0 Å². The van der Waals surface area contributed by atoms with Crippen LogP contribution in [0.5, 0.6) is 5.88 Å². The fourth-order valence-corrected chi connectivity index (χ4v) is 1.18. The number of aromatic nitrogens is 1. The Bertz CT molecular complexity index is 278. The highest BCUT2D eigenvalue weighted by Gasteiger charge is 2.02. The van der Waals surface area contributed by atoms with Gasteiger partial charge in [-0.25, -0.2) is 4.98 Å². The molecule has 0 fully saturated rings. The number of hydrogen-bond acceptors (Lipinski definition) is 3. The summed E-state index contributed by atoms with van der Waals surface area (Å²) in [6.07, 6.45) is 1.61. The molecule has 0 bridgehead atoms. The maximum atomic E-state index is 5.92. The van der Waals surface area contributed by atoms with Crippen LogP contribution in [0.25, 0.3) is 0 Å². The topological polar surface area (TPSA) is 34.1 Å². The smallest absolute Gasteiger partial charge is 0.213 e. The summed E-state index contributed by atoms with van der Waals surface area (Å²) in [5, 5.41) is 3.69. The predicted octanol–water partition coefficient (Wildman–Crippen LogP) is 1.85. The van der Waals surface area contributed by atoms with E-state index in [2.05, 4.69) is 10.3 Å². The molecule has 0 aliphatic rings. The number of nitrogens with zero attached hydrogens (tertiary/aromatic N) is 1. The summed E-state index contributed by atoms with van der Waals surface area (Å²) in [5.74, 6) is 0.622. The maximum absolute atomic E-state index is 5.92. The predicted molar refractivity (Wildman–Crippen MR) is 53.2 cm³/mol. The zero-order chi connectivity index (χ0) is 9.68. The van der Waals surface area contributed by atoms with Crippen LogP contribution in [0.3, 0.4) is 0 Å². The fraction of sp³-hybridized carbons (Fsp3) is 0.444. The molecule has 1 aromatic rings. The van der Waals surface area contributed by atoms with Gasteiger partial charge in [0.2, 0.25) is 5.88 Å². The first-order chi connectivity index (χ1) is 6.27. The zero-order valence-corrected chi connectivity index (χ0v) is 8.56. The Morgan fingerprint density at radius 2 is 2.38 bits per heavy atom.